The van der Waals surface area contributed by atoms with Crippen LogP contribution in [0.5, 0.6) is 5.75 Å². The first-order chi connectivity index (χ1) is 8.47. The van der Waals surface area contributed by atoms with E-state index < -0.39 is 12.5 Å². The number of aryl methyl sites for hydroxylation is 1. The predicted molar refractivity (Wildman–Crippen MR) is 64.0 cm³/mol. The van der Waals surface area contributed by atoms with Crippen LogP contribution in [0.1, 0.15) is 16.8 Å². The lowest BCUT2D eigenvalue weighted by Crippen LogP contribution is -2.32. The standard InChI is InChI=1S/C12H18F2N2O2/c1-7-4-16-9(8(2)11(7)18-3)5-15-6-10(17)12(13)14/h4,10,12,15,17H,5-6H2,1-3H3. The highest BCUT2D eigenvalue weighted by Crippen LogP contribution is 2.23. The molecule has 1 heterocycles. The third-order valence-corrected chi connectivity index (χ3v) is 2.69. The van der Waals surface area contributed by atoms with E-state index in [0.29, 0.717) is 6.54 Å². The summed E-state index contributed by atoms with van der Waals surface area (Å²) in [6.45, 7) is 3.89. The zero-order valence-electron chi connectivity index (χ0n) is 10.7. The van der Waals surface area contributed by atoms with E-state index in [0.717, 1.165) is 22.6 Å². The fourth-order valence-electron chi connectivity index (χ4n) is 1.68. The van der Waals surface area contributed by atoms with Crippen LogP contribution in [0.15, 0.2) is 6.20 Å². The summed E-state index contributed by atoms with van der Waals surface area (Å²) in [6, 6.07) is 0. The quantitative estimate of drug-likeness (QED) is 0.812. The monoisotopic (exact) mass is 260 g/mol. The average molecular weight is 260 g/mol. The first kappa shape index (κ1) is 14.8. The molecule has 0 saturated heterocycles. The van der Waals surface area contributed by atoms with Crippen LogP contribution in [0.4, 0.5) is 8.78 Å². The number of aromatic nitrogens is 1. The molecule has 1 aromatic heterocycles. The van der Waals surface area contributed by atoms with Crippen molar-refractivity contribution >= 4 is 0 Å². The normalized spacial score (nSPS) is 12.8. The lowest BCUT2D eigenvalue weighted by molar-refractivity contribution is -0.00345. The molecule has 0 radical (unpaired) electrons. The smallest absolute Gasteiger partial charge is 0.265 e. The molecule has 0 aliphatic carbocycles. The summed E-state index contributed by atoms with van der Waals surface area (Å²) in [4.78, 5) is 4.22. The Kier molecular flexibility index (Phi) is 5.43. The molecular formula is C12H18F2N2O2. The number of pyridine rings is 1. The van der Waals surface area contributed by atoms with E-state index in [2.05, 4.69) is 10.3 Å². The van der Waals surface area contributed by atoms with Gasteiger partial charge < -0.3 is 15.2 Å². The molecule has 0 aliphatic heterocycles. The Morgan fingerprint density at radius 2 is 2.11 bits per heavy atom. The Hall–Kier alpha value is -1.27. The van der Waals surface area contributed by atoms with Crippen LogP contribution in [-0.4, -0.2) is 36.3 Å². The lowest BCUT2D eigenvalue weighted by Gasteiger charge is -2.14. The second kappa shape index (κ2) is 6.61. The van der Waals surface area contributed by atoms with Crippen molar-refractivity contribution < 1.29 is 18.6 Å². The molecule has 0 fully saturated rings. The van der Waals surface area contributed by atoms with Gasteiger partial charge in [0.1, 0.15) is 11.9 Å². The minimum atomic E-state index is -2.74. The van der Waals surface area contributed by atoms with Crippen LogP contribution in [0.3, 0.4) is 0 Å². The Morgan fingerprint density at radius 3 is 2.67 bits per heavy atom. The van der Waals surface area contributed by atoms with Crippen molar-refractivity contribution in [1.29, 1.82) is 0 Å². The van der Waals surface area contributed by atoms with Gasteiger partial charge in [-0.15, -0.1) is 0 Å². The van der Waals surface area contributed by atoms with Crippen molar-refractivity contribution in [2.75, 3.05) is 13.7 Å². The summed E-state index contributed by atoms with van der Waals surface area (Å²) in [5.74, 6) is 0.746. The Morgan fingerprint density at radius 1 is 1.44 bits per heavy atom. The van der Waals surface area contributed by atoms with Crippen molar-refractivity contribution in [1.82, 2.24) is 10.3 Å². The fourth-order valence-corrected chi connectivity index (χ4v) is 1.68. The molecule has 102 valence electrons. The van der Waals surface area contributed by atoms with Gasteiger partial charge in [0.15, 0.2) is 0 Å². The van der Waals surface area contributed by atoms with Crippen LogP contribution in [-0.2, 0) is 6.54 Å². The van der Waals surface area contributed by atoms with Crippen LogP contribution in [0.2, 0.25) is 0 Å². The summed E-state index contributed by atoms with van der Waals surface area (Å²) >= 11 is 0. The molecule has 1 atom stereocenters. The topological polar surface area (TPSA) is 54.4 Å². The highest BCUT2D eigenvalue weighted by molar-refractivity contribution is 5.40. The summed E-state index contributed by atoms with van der Waals surface area (Å²) in [7, 11) is 1.58. The van der Waals surface area contributed by atoms with Crippen molar-refractivity contribution in [3.8, 4) is 5.75 Å². The Balaban J connectivity index is 2.63. The highest BCUT2D eigenvalue weighted by Gasteiger charge is 2.16. The maximum Gasteiger partial charge on any atom is 0.265 e. The maximum atomic E-state index is 12.1. The number of methoxy groups -OCH3 is 1. The van der Waals surface area contributed by atoms with E-state index in [-0.39, 0.29) is 6.54 Å². The number of nitrogens with zero attached hydrogens (tertiary/aromatic N) is 1. The van der Waals surface area contributed by atoms with E-state index in [1.54, 1.807) is 13.3 Å². The predicted octanol–water partition coefficient (Wildman–Crippen LogP) is 1.42. The highest BCUT2D eigenvalue weighted by atomic mass is 19.3. The van der Waals surface area contributed by atoms with Crippen LogP contribution >= 0.6 is 0 Å². The van der Waals surface area contributed by atoms with Gasteiger partial charge in [-0.2, -0.15) is 0 Å². The number of nitrogens with one attached hydrogen (secondary N) is 1. The summed E-state index contributed by atoms with van der Waals surface area (Å²) in [6.07, 6.45) is -2.72. The van der Waals surface area contributed by atoms with Gasteiger partial charge in [-0.3, -0.25) is 4.98 Å². The second-order valence-corrected chi connectivity index (χ2v) is 4.08. The SMILES string of the molecule is COc1c(C)cnc(CNCC(O)C(F)F)c1C. The summed E-state index contributed by atoms with van der Waals surface area (Å²) < 4.78 is 29.4. The van der Waals surface area contributed by atoms with Gasteiger partial charge >= 0.3 is 0 Å². The van der Waals surface area contributed by atoms with Crippen LogP contribution < -0.4 is 10.1 Å². The van der Waals surface area contributed by atoms with Crippen molar-refractivity contribution in [3.63, 3.8) is 0 Å². The van der Waals surface area contributed by atoms with Crippen LogP contribution in [0, 0.1) is 13.8 Å². The van der Waals surface area contributed by atoms with E-state index in [9.17, 15) is 8.78 Å². The summed E-state index contributed by atoms with van der Waals surface area (Å²) in [5.41, 5.74) is 2.52. The second-order valence-electron chi connectivity index (χ2n) is 4.08. The van der Waals surface area contributed by atoms with E-state index in [1.807, 2.05) is 13.8 Å². The molecule has 0 saturated carbocycles. The van der Waals surface area contributed by atoms with Gasteiger partial charge in [0, 0.05) is 30.4 Å². The van der Waals surface area contributed by atoms with Gasteiger partial charge in [0.2, 0.25) is 0 Å². The number of hydrogen-bond acceptors (Lipinski definition) is 4. The molecule has 18 heavy (non-hydrogen) atoms. The molecule has 1 aromatic rings. The average Bonchev–Trinajstić information content (AvgIpc) is 2.32. The number of alkyl halides is 2. The molecule has 6 heteroatoms. The lowest BCUT2D eigenvalue weighted by atomic mass is 10.1. The van der Waals surface area contributed by atoms with Gasteiger partial charge in [0.05, 0.1) is 12.8 Å². The van der Waals surface area contributed by atoms with Crippen LogP contribution in [0.25, 0.3) is 0 Å². The van der Waals surface area contributed by atoms with Gasteiger partial charge in [-0.05, 0) is 13.8 Å². The zero-order valence-corrected chi connectivity index (χ0v) is 10.7. The minimum absolute atomic E-state index is 0.172. The number of hydrogen-bond donors (Lipinski definition) is 2. The molecular weight excluding hydrogens is 242 g/mol. The Bertz CT molecular complexity index is 400. The number of halogens is 2. The minimum Gasteiger partial charge on any atom is -0.496 e. The van der Waals surface area contributed by atoms with E-state index in [4.69, 9.17) is 9.84 Å². The number of aliphatic hydroxyl groups excluding tert-OH is 1. The number of ether oxygens (including phenoxy) is 1. The van der Waals surface area contributed by atoms with Crippen molar-refractivity contribution in [2.24, 2.45) is 0 Å². The maximum absolute atomic E-state index is 12.1. The first-order valence-electron chi connectivity index (χ1n) is 5.63. The van der Waals surface area contributed by atoms with Crippen molar-refractivity contribution in [2.45, 2.75) is 32.9 Å². The molecule has 1 unspecified atom stereocenters. The third-order valence-electron chi connectivity index (χ3n) is 2.69. The molecule has 1 rings (SSSR count). The van der Waals surface area contributed by atoms with E-state index >= 15 is 0 Å². The van der Waals surface area contributed by atoms with Gasteiger partial charge in [-0.1, -0.05) is 0 Å². The number of aliphatic hydroxyl groups is 1. The largest absolute Gasteiger partial charge is 0.496 e. The van der Waals surface area contributed by atoms with E-state index in [1.165, 1.54) is 0 Å². The van der Waals surface area contributed by atoms with Crippen molar-refractivity contribution in [3.05, 3.63) is 23.0 Å². The molecule has 2 N–H and O–H groups in total. The van der Waals surface area contributed by atoms with Gasteiger partial charge in [-0.25, -0.2) is 8.78 Å². The molecule has 0 aliphatic rings. The van der Waals surface area contributed by atoms with Gasteiger partial charge in [0.25, 0.3) is 6.43 Å². The summed E-state index contributed by atoms with van der Waals surface area (Å²) in [5, 5.41) is 11.7. The molecule has 0 bridgehead atoms. The molecule has 0 spiro atoms. The zero-order chi connectivity index (χ0) is 13.7. The first-order valence-corrected chi connectivity index (χ1v) is 5.63. The third kappa shape index (κ3) is 3.61. The number of rotatable bonds is 6. The molecule has 4 nitrogen and oxygen atoms in total. The Labute approximate surface area is 105 Å². The molecule has 0 aromatic carbocycles. The fraction of sp³-hybridized carbons (Fsp3) is 0.583. The molecule has 0 amide bonds.